The average Bonchev–Trinajstić information content (AvgIpc) is 2.50. The predicted molar refractivity (Wildman–Crippen MR) is 83.6 cm³/mol. The number of rotatable bonds is 6. The summed E-state index contributed by atoms with van der Waals surface area (Å²) in [6, 6.07) is 7.90. The van der Waals surface area contributed by atoms with E-state index in [4.69, 9.17) is 0 Å². The highest BCUT2D eigenvalue weighted by Crippen LogP contribution is 2.16. The highest BCUT2D eigenvalue weighted by Gasteiger charge is 2.21. The summed E-state index contributed by atoms with van der Waals surface area (Å²) in [6.07, 6.45) is 3.95. The molecule has 1 heterocycles. The summed E-state index contributed by atoms with van der Waals surface area (Å²) in [4.78, 5) is 27.7. The number of benzene rings is 1. The zero-order valence-corrected chi connectivity index (χ0v) is 12.4. The molecule has 110 valence electrons. The average molecular weight is 304 g/mol. The lowest BCUT2D eigenvalue weighted by Crippen LogP contribution is -2.41. The van der Waals surface area contributed by atoms with E-state index in [9.17, 15) is 14.7 Å². The van der Waals surface area contributed by atoms with E-state index in [0.717, 1.165) is 0 Å². The molecular formula is C15H16N2O3S. The van der Waals surface area contributed by atoms with Crippen molar-refractivity contribution in [3.05, 3.63) is 42.1 Å². The van der Waals surface area contributed by atoms with Gasteiger partial charge in [0.1, 0.15) is 6.04 Å². The molecule has 6 heteroatoms. The van der Waals surface area contributed by atoms with E-state index in [1.165, 1.54) is 0 Å². The first-order valence-electron chi connectivity index (χ1n) is 6.50. The first kappa shape index (κ1) is 15.3. The van der Waals surface area contributed by atoms with Gasteiger partial charge in [0.2, 0.25) is 0 Å². The Morgan fingerprint density at radius 3 is 2.86 bits per heavy atom. The molecule has 5 nitrogen and oxygen atoms in total. The molecule has 0 saturated carbocycles. The van der Waals surface area contributed by atoms with Crippen molar-refractivity contribution in [2.75, 3.05) is 12.0 Å². The minimum absolute atomic E-state index is 0.387. The molecule has 2 rings (SSSR count). The SMILES string of the molecule is CSCC[C@@H](NC(=O)c1cccc2ncccc12)C(=O)O. The predicted octanol–water partition coefficient (Wildman–Crippen LogP) is 2.17. The lowest BCUT2D eigenvalue weighted by atomic mass is 10.1. The minimum atomic E-state index is -1.02. The number of aliphatic carboxylic acids is 1. The largest absolute Gasteiger partial charge is 0.480 e. The van der Waals surface area contributed by atoms with Crippen molar-refractivity contribution in [1.82, 2.24) is 10.3 Å². The topological polar surface area (TPSA) is 79.3 Å². The van der Waals surface area contributed by atoms with Crippen LogP contribution in [0.4, 0.5) is 0 Å². The zero-order valence-electron chi connectivity index (χ0n) is 11.6. The fourth-order valence-electron chi connectivity index (χ4n) is 2.03. The highest BCUT2D eigenvalue weighted by atomic mass is 32.2. The van der Waals surface area contributed by atoms with Crippen molar-refractivity contribution in [3.8, 4) is 0 Å². The van der Waals surface area contributed by atoms with Crippen LogP contribution in [0.5, 0.6) is 0 Å². The van der Waals surface area contributed by atoms with E-state index in [1.54, 1.807) is 42.2 Å². The van der Waals surface area contributed by atoms with Crippen molar-refractivity contribution < 1.29 is 14.7 Å². The van der Waals surface area contributed by atoms with Gasteiger partial charge in [-0.15, -0.1) is 0 Å². The Kier molecular flexibility index (Phi) is 5.16. The van der Waals surface area contributed by atoms with E-state index in [-0.39, 0.29) is 5.91 Å². The number of carboxylic acids is 1. The van der Waals surface area contributed by atoms with Gasteiger partial charge in [-0.25, -0.2) is 4.79 Å². The van der Waals surface area contributed by atoms with Gasteiger partial charge in [-0.05, 0) is 36.6 Å². The molecule has 1 atom stereocenters. The summed E-state index contributed by atoms with van der Waals surface area (Å²) in [5.74, 6) is -0.730. The number of hydrogen-bond acceptors (Lipinski definition) is 4. The van der Waals surface area contributed by atoms with Gasteiger partial charge < -0.3 is 10.4 Å². The summed E-state index contributed by atoms with van der Waals surface area (Å²) in [5.41, 5.74) is 1.15. The third kappa shape index (κ3) is 3.72. The Hall–Kier alpha value is -2.08. The number of carboxylic acid groups (broad SMARTS) is 1. The maximum absolute atomic E-state index is 12.3. The number of fused-ring (bicyclic) bond motifs is 1. The normalized spacial score (nSPS) is 12.0. The van der Waals surface area contributed by atoms with Gasteiger partial charge >= 0.3 is 5.97 Å². The second-order valence-electron chi connectivity index (χ2n) is 4.52. The van der Waals surface area contributed by atoms with Crippen LogP contribution in [0.3, 0.4) is 0 Å². The number of nitrogens with zero attached hydrogens (tertiary/aromatic N) is 1. The maximum Gasteiger partial charge on any atom is 0.326 e. The van der Waals surface area contributed by atoms with E-state index in [1.807, 2.05) is 12.3 Å². The van der Waals surface area contributed by atoms with E-state index in [0.29, 0.717) is 28.6 Å². The summed E-state index contributed by atoms with van der Waals surface area (Å²) in [7, 11) is 0. The Bertz CT molecular complexity index is 655. The van der Waals surface area contributed by atoms with Crippen LogP contribution in [-0.4, -0.2) is 40.0 Å². The summed E-state index contributed by atoms with van der Waals surface area (Å²) < 4.78 is 0. The highest BCUT2D eigenvalue weighted by molar-refractivity contribution is 7.98. The number of amides is 1. The molecule has 0 aliphatic rings. The number of hydrogen-bond donors (Lipinski definition) is 2. The molecule has 0 unspecified atom stereocenters. The molecule has 0 spiro atoms. The van der Waals surface area contributed by atoms with Gasteiger partial charge in [0.05, 0.1) is 5.52 Å². The number of nitrogens with one attached hydrogen (secondary N) is 1. The zero-order chi connectivity index (χ0) is 15.2. The van der Waals surface area contributed by atoms with Crippen LogP contribution >= 0.6 is 11.8 Å². The van der Waals surface area contributed by atoms with Crippen LogP contribution < -0.4 is 5.32 Å². The standard InChI is InChI=1S/C15H16N2O3S/c1-21-9-7-13(15(19)20)17-14(18)11-4-2-6-12-10(11)5-3-8-16-12/h2-6,8,13H,7,9H2,1H3,(H,17,18)(H,19,20)/t13-/m1/s1. The first-order valence-corrected chi connectivity index (χ1v) is 7.89. The summed E-state index contributed by atoms with van der Waals surface area (Å²) >= 11 is 1.55. The van der Waals surface area contributed by atoms with Crippen LogP contribution in [0, 0.1) is 0 Å². The van der Waals surface area contributed by atoms with Gasteiger partial charge in [-0.3, -0.25) is 9.78 Å². The molecular weight excluding hydrogens is 288 g/mol. The van der Waals surface area contributed by atoms with Gasteiger partial charge in [0, 0.05) is 17.1 Å². The molecule has 0 bridgehead atoms. The van der Waals surface area contributed by atoms with Crippen LogP contribution in [0.2, 0.25) is 0 Å². The van der Waals surface area contributed by atoms with E-state index < -0.39 is 12.0 Å². The maximum atomic E-state index is 12.3. The molecule has 0 aliphatic carbocycles. The number of carbonyl (C=O) groups excluding carboxylic acids is 1. The Balaban J connectivity index is 2.23. The van der Waals surface area contributed by atoms with Gasteiger partial charge in [-0.1, -0.05) is 12.1 Å². The van der Waals surface area contributed by atoms with Gasteiger partial charge in [0.15, 0.2) is 0 Å². The van der Waals surface area contributed by atoms with Crippen LogP contribution in [-0.2, 0) is 4.79 Å². The second kappa shape index (κ2) is 7.08. The second-order valence-corrected chi connectivity index (χ2v) is 5.51. The molecule has 1 aromatic heterocycles. The molecule has 0 fully saturated rings. The number of aromatic nitrogens is 1. The fraction of sp³-hybridized carbons (Fsp3) is 0.267. The molecule has 21 heavy (non-hydrogen) atoms. The fourth-order valence-corrected chi connectivity index (χ4v) is 2.50. The van der Waals surface area contributed by atoms with Gasteiger partial charge in [0.25, 0.3) is 5.91 Å². The minimum Gasteiger partial charge on any atom is -0.480 e. The Morgan fingerprint density at radius 2 is 2.14 bits per heavy atom. The molecule has 0 radical (unpaired) electrons. The lowest BCUT2D eigenvalue weighted by molar-refractivity contribution is -0.139. The van der Waals surface area contributed by atoms with Crippen molar-refractivity contribution in [2.45, 2.75) is 12.5 Å². The number of pyridine rings is 1. The number of carbonyl (C=O) groups is 2. The van der Waals surface area contributed by atoms with Crippen LogP contribution in [0.15, 0.2) is 36.5 Å². The van der Waals surface area contributed by atoms with Crippen LogP contribution in [0.1, 0.15) is 16.8 Å². The number of thioether (sulfide) groups is 1. The van der Waals surface area contributed by atoms with Crippen LogP contribution in [0.25, 0.3) is 10.9 Å². The molecule has 1 amide bonds. The quantitative estimate of drug-likeness (QED) is 0.855. The van der Waals surface area contributed by atoms with Crippen molar-refractivity contribution in [1.29, 1.82) is 0 Å². The van der Waals surface area contributed by atoms with Crippen molar-refractivity contribution in [3.63, 3.8) is 0 Å². The third-order valence-electron chi connectivity index (χ3n) is 3.10. The molecule has 1 aromatic carbocycles. The molecule has 0 saturated heterocycles. The smallest absolute Gasteiger partial charge is 0.326 e. The molecule has 2 N–H and O–H groups in total. The lowest BCUT2D eigenvalue weighted by Gasteiger charge is -2.14. The van der Waals surface area contributed by atoms with Crippen molar-refractivity contribution >= 4 is 34.5 Å². The Labute approximate surface area is 126 Å². The van der Waals surface area contributed by atoms with E-state index >= 15 is 0 Å². The molecule has 2 aromatic rings. The van der Waals surface area contributed by atoms with Crippen molar-refractivity contribution in [2.24, 2.45) is 0 Å². The summed E-state index contributed by atoms with van der Waals surface area (Å²) in [5, 5.41) is 12.5. The van der Waals surface area contributed by atoms with Gasteiger partial charge in [-0.2, -0.15) is 11.8 Å². The summed E-state index contributed by atoms with van der Waals surface area (Å²) in [6.45, 7) is 0. The monoisotopic (exact) mass is 304 g/mol. The third-order valence-corrected chi connectivity index (χ3v) is 3.75. The first-order chi connectivity index (χ1) is 10.1. The molecule has 0 aliphatic heterocycles. The van der Waals surface area contributed by atoms with E-state index in [2.05, 4.69) is 10.3 Å². The Morgan fingerprint density at radius 1 is 1.33 bits per heavy atom.